The fraction of sp³-hybridized carbons (Fsp3) is 0.0417. The molecule has 5 heteroatoms. The zero-order valence-electron chi connectivity index (χ0n) is 15.1. The molecular formula is C24H14BrFO3. The van der Waals surface area contributed by atoms with E-state index >= 15 is 0 Å². The van der Waals surface area contributed by atoms with Gasteiger partial charge in [-0.3, -0.25) is 0 Å². The van der Waals surface area contributed by atoms with Crippen molar-refractivity contribution in [2.75, 3.05) is 0 Å². The minimum absolute atomic E-state index is 0.340. The third-order valence-electron chi connectivity index (χ3n) is 5.02. The molecule has 0 radical (unpaired) electrons. The van der Waals surface area contributed by atoms with Crippen LogP contribution in [0.4, 0.5) is 4.39 Å². The van der Waals surface area contributed by atoms with E-state index in [2.05, 4.69) is 15.9 Å². The van der Waals surface area contributed by atoms with Crippen LogP contribution in [0.15, 0.2) is 92.6 Å². The summed E-state index contributed by atoms with van der Waals surface area (Å²) in [6.07, 6.45) is 1.77. The molecule has 3 nitrogen and oxygen atoms in total. The Balaban J connectivity index is 1.83. The largest absolute Gasteiger partial charge is 0.456 e. The average molecular weight is 449 g/mol. The van der Waals surface area contributed by atoms with Crippen LogP contribution in [0.5, 0.6) is 5.75 Å². The van der Waals surface area contributed by atoms with Crippen molar-refractivity contribution in [3.8, 4) is 5.75 Å². The Morgan fingerprint density at radius 3 is 2.45 bits per heavy atom. The topological polar surface area (TPSA) is 39.4 Å². The van der Waals surface area contributed by atoms with Crippen molar-refractivity contribution >= 4 is 32.7 Å². The fourth-order valence-electron chi connectivity index (χ4n) is 3.67. The van der Waals surface area contributed by atoms with Crippen molar-refractivity contribution in [3.63, 3.8) is 0 Å². The molecule has 0 spiro atoms. The van der Waals surface area contributed by atoms with Crippen LogP contribution >= 0.6 is 15.9 Å². The first-order valence-corrected chi connectivity index (χ1v) is 9.87. The van der Waals surface area contributed by atoms with E-state index in [4.69, 9.17) is 9.15 Å². The number of para-hydroxylation sites is 1. The minimum Gasteiger partial charge on any atom is -0.456 e. The number of fused-ring (bicyclic) bond motifs is 3. The molecule has 2 heterocycles. The normalized spacial score (nSPS) is 15.5. The molecule has 5 rings (SSSR count). The van der Waals surface area contributed by atoms with Gasteiger partial charge in [0.05, 0.1) is 16.5 Å². The zero-order valence-corrected chi connectivity index (χ0v) is 16.6. The van der Waals surface area contributed by atoms with E-state index in [1.165, 1.54) is 6.07 Å². The van der Waals surface area contributed by atoms with Crippen molar-refractivity contribution in [1.29, 1.82) is 0 Å². The molecule has 0 saturated carbocycles. The number of rotatable bonds is 2. The van der Waals surface area contributed by atoms with Gasteiger partial charge in [-0.1, -0.05) is 58.4 Å². The Labute approximate surface area is 174 Å². The Morgan fingerprint density at radius 2 is 1.62 bits per heavy atom. The molecule has 1 aliphatic rings. The van der Waals surface area contributed by atoms with E-state index < -0.39 is 11.5 Å². The highest BCUT2D eigenvalue weighted by atomic mass is 79.9. The molecule has 4 aromatic rings. The van der Waals surface area contributed by atoms with Gasteiger partial charge in [0.1, 0.15) is 22.9 Å². The van der Waals surface area contributed by atoms with Gasteiger partial charge in [0.2, 0.25) is 0 Å². The third kappa shape index (κ3) is 2.98. The quantitative estimate of drug-likeness (QED) is 0.339. The number of hydrogen-bond donors (Lipinski definition) is 0. The lowest BCUT2D eigenvalue weighted by atomic mass is 9.88. The molecule has 1 aromatic heterocycles. The Hall–Kier alpha value is -3.18. The van der Waals surface area contributed by atoms with Crippen LogP contribution in [-0.4, -0.2) is 0 Å². The van der Waals surface area contributed by atoms with E-state index in [1.807, 2.05) is 36.4 Å². The van der Waals surface area contributed by atoms with Crippen molar-refractivity contribution in [1.82, 2.24) is 0 Å². The van der Waals surface area contributed by atoms with Crippen LogP contribution in [0.25, 0.3) is 16.7 Å². The van der Waals surface area contributed by atoms with Gasteiger partial charge < -0.3 is 9.15 Å². The Morgan fingerprint density at radius 1 is 0.897 bits per heavy atom. The second kappa shape index (κ2) is 7.01. The number of ether oxygens (including phenoxy) is 1. The van der Waals surface area contributed by atoms with E-state index in [0.29, 0.717) is 33.6 Å². The highest BCUT2D eigenvalue weighted by Gasteiger charge is 2.31. The summed E-state index contributed by atoms with van der Waals surface area (Å²) in [5.41, 5.74) is 1.57. The van der Waals surface area contributed by atoms with E-state index in [-0.39, 0.29) is 5.82 Å². The molecule has 0 saturated heterocycles. The summed E-state index contributed by atoms with van der Waals surface area (Å²) in [6, 6.07) is 21.3. The molecule has 142 valence electrons. The molecule has 0 fully saturated rings. The first-order valence-electron chi connectivity index (χ1n) is 9.08. The van der Waals surface area contributed by atoms with Gasteiger partial charge >= 0.3 is 5.63 Å². The summed E-state index contributed by atoms with van der Waals surface area (Å²) in [5, 5.41) is 0.668. The maximum atomic E-state index is 14.5. The maximum absolute atomic E-state index is 14.5. The molecule has 0 aliphatic carbocycles. The molecule has 3 aromatic carbocycles. The molecule has 0 bridgehead atoms. The summed E-state index contributed by atoms with van der Waals surface area (Å²) in [4.78, 5) is 12.9. The van der Waals surface area contributed by atoms with Gasteiger partial charge in [-0.15, -0.1) is 0 Å². The van der Waals surface area contributed by atoms with Crippen molar-refractivity contribution in [3.05, 3.63) is 116 Å². The third-order valence-corrected chi connectivity index (χ3v) is 5.74. The van der Waals surface area contributed by atoms with E-state index in [0.717, 1.165) is 10.0 Å². The summed E-state index contributed by atoms with van der Waals surface area (Å²) in [6.45, 7) is 0. The predicted molar refractivity (Wildman–Crippen MR) is 113 cm³/mol. The molecule has 1 atom stereocenters. The van der Waals surface area contributed by atoms with Gasteiger partial charge in [0.15, 0.2) is 0 Å². The van der Waals surface area contributed by atoms with Gasteiger partial charge in [0, 0.05) is 10.4 Å². The van der Waals surface area contributed by atoms with Crippen LogP contribution in [0.1, 0.15) is 22.6 Å². The molecule has 1 aliphatic heterocycles. The smallest absolute Gasteiger partial charge is 0.344 e. The highest BCUT2D eigenvalue weighted by molar-refractivity contribution is 9.10. The van der Waals surface area contributed by atoms with Crippen LogP contribution in [-0.2, 0) is 0 Å². The van der Waals surface area contributed by atoms with Crippen LogP contribution in [0.2, 0.25) is 0 Å². The lowest BCUT2D eigenvalue weighted by Gasteiger charge is -2.26. The first kappa shape index (κ1) is 17.9. The van der Waals surface area contributed by atoms with Crippen LogP contribution in [0.3, 0.4) is 0 Å². The minimum atomic E-state index is -0.469. The summed E-state index contributed by atoms with van der Waals surface area (Å²) in [5.74, 6) is -0.0735. The SMILES string of the molecule is O=c1oc2ccccc2c2c1C(c1ccccc1Br)C=C(c1ccccc1F)O2. The second-order valence-electron chi connectivity index (χ2n) is 6.74. The Bertz CT molecular complexity index is 1340. The lowest BCUT2D eigenvalue weighted by molar-refractivity contribution is 0.467. The van der Waals surface area contributed by atoms with Crippen molar-refractivity contribution in [2.45, 2.75) is 5.92 Å². The first-order chi connectivity index (χ1) is 14.1. The molecule has 0 N–H and O–H groups in total. The lowest BCUT2D eigenvalue weighted by Crippen LogP contribution is -2.20. The Kier molecular flexibility index (Phi) is 4.32. The molecule has 0 amide bonds. The number of benzene rings is 3. The van der Waals surface area contributed by atoms with E-state index in [9.17, 15) is 9.18 Å². The second-order valence-corrected chi connectivity index (χ2v) is 7.59. The average Bonchev–Trinajstić information content (AvgIpc) is 2.74. The molecular weight excluding hydrogens is 435 g/mol. The summed E-state index contributed by atoms with van der Waals surface area (Å²) < 4.78 is 27.1. The van der Waals surface area contributed by atoms with E-state index in [1.54, 1.807) is 36.4 Å². The number of hydrogen-bond acceptors (Lipinski definition) is 3. The molecule has 29 heavy (non-hydrogen) atoms. The maximum Gasteiger partial charge on any atom is 0.344 e. The van der Waals surface area contributed by atoms with Crippen LogP contribution < -0.4 is 10.4 Å². The fourth-order valence-corrected chi connectivity index (χ4v) is 4.20. The predicted octanol–water partition coefficient (Wildman–Crippen LogP) is 6.26. The van der Waals surface area contributed by atoms with Gasteiger partial charge in [0.25, 0.3) is 0 Å². The monoisotopic (exact) mass is 448 g/mol. The van der Waals surface area contributed by atoms with Gasteiger partial charge in [-0.25, -0.2) is 9.18 Å². The summed E-state index contributed by atoms with van der Waals surface area (Å²) in [7, 11) is 0. The number of halogens is 2. The van der Waals surface area contributed by atoms with Gasteiger partial charge in [-0.05, 0) is 42.0 Å². The van der Waals surface area contributed by atoms with Crippen LogP contribution in [0, 0.1) is 5.82 Å². The van der Waals surface area contributed by atoms with Gasteiger partial charge in [-0.2, -0.15) is 0 Å². The standard InChI is InChI=1S/C24H14BrFO3/c25-18-10-4-1-7-14(18)17-13-21(15-8-2-5-11-19(15)26)28-23-16-9-3-6-12-20(16)29-24(27)22(17)23/h1-13,17H. The summed E-state index contributed by atoms with van der Waals surface area (Å²) >= 11 is 3.57. The van der Waals surface area contributed by atoms with Crippen molar-refractivity contribution in [2.24, 2.45) is 0 Å². The zero-order chi connectivity index (χ0) is 20.0. The molecule has 1 unspecified atom stereocenters. The number of allylic oxidation sites excluding steroid dienone is 1. The van der Waals surface area contributed by atoms with Crippen molar-refractivity contribution < 1.29 is 13.5 Å². The highest BCUT2D eigenvalue weighted by Crippen LogP contribution is 2.44.